The molecule has 0 aliphatic carbocycles. The van der Waals surface area contributed by atoms with Gasteiger partial charge in [0.05, 0.1) is 22.4 Å². The molecular formula is C23H16N2O5. The van der Waals surface area contributed by atoms with Gasteiger partial charge in [0.2, 0.25) is 0 Å². The molecule has 3 aromatic rings. The molecule has 30 heavy (non-hydrogen) atoms. The zero-order valence-corrected chi connectivity index (χ0v) is 15.7. The van der Waals surface area contributed by atoms with Crippen molar-refractivity contribution in [2.75, 3.05) is 17.2 Å². The lowest BCUT2D eigenvalue weighted by Crippen LogP contribution is -2.29. The minimum atomic E-state index is -0.693. The first kappa shape index (κ1) is 19.1. The van der Waals surface area contributed by atoms with Gasteiger partial charge in [0.25, 0.3) is 11.8 Å². The number of imide groups is 1. The first-order chi connectivity index (χ1) is 14.5. The van der Waals surface area contributed by atoms with Crippen LogP contribution in [0.3, 0.4) is 0 Å². The van der Waals surface area contributed by atoms with E-state index in [2.05, 4.69) is 0 Å². The van der Waals surface area contributed by atoms with E-state index in [9.17, 15) is 19.2 Å². The number of fused-ring (bicyclic) bond motifs is 1. The number of amides is 2. The molecule has 0 bridgehead atoms. The van der Waals surface area contributed by atoms with Crippen LogP contribution in [0.2, 0.25) is 0 Å². The maximum Gasteiger partial charge on any atom is 0.338 e. The van der Waals surface area contributed by atoms with Crippen LogP contribution in [0.15, 0.2) is 72.8 Å². The molecule has 0 fully saturated rings. The zero-order chi connectivity index (χ0) is 21.3. The molecule has 2 N–H and O–H groups in total. The number of esters is 1. The van der Waals surface area contributed by atoms with E-state index in [4.69, 9.17) is 10.5 Å². The number of anilines is 2. The summed E-state index contributed by atoms with van der Waals surface area (Å²) in [6.45, 7) is -0.428. The molecule has 1 aliphatic rings. The molecule has 2 amide bonds. The molecular weight excluding hydrogens is 384 g/mol. The van der Waals surface area contributed by atoms with Crippen molar-refractivity contribution >= 4 is 34.9 Å². The average molecular weight is 400 g/mol. The molecule has 0 spiro atoms. The van der Waals surface area contributed by atoms with Crippen molar-refractivity contribution in [3.63, 3.8) is 0 Å². The Hall–Kier alpha value is -4.26. The minimum absolute atomic E-state index is 0.190. The lowest BCUT2D eigenvalue weighted by molar-refractivity contribution is 0.0475. The monoisotopic (exact) mass is 400 g/mol. The maximum absolute atomic E-state index is 12.5. The van der Waals surface area contributed by atoms with Crippen LogP contribution in [0.5, 0.6) is 0 Å². The van der Waals surface area contributed by atoms with Gasteiger partial charge in [-0.1, -0.05) is 24.3 Å². The number of carbonyl (C=O) groups excluding carboxylic acids is 4. The van der Waals surface area contributed by atoms with E-state index in [0.717, 1.165) is 4.90 Å². The molecule has 148 valence electrons. The lowest BCUT2D eigenvalue weighted by atomic mass is 10.1. The van der Waals surface area contributed by atoms with Crippen LogP contribution in [-0.4, -0.2) is 30.2 Å². The van der Waals surface area contributed by atoms with Gasteiger partial charge in [-0.2, -0.15) is 0 Å². The lowest BCUT2D eigenvalue weighted by Gasteiger charge is -2.14. The van der Waals surface area contributed by atoms with Gasteiger partial charge in [-0.15, -0.1) is 0 Å². The fourth-order valence-corrected chi connectivity index (χ4v) is 3.18. The van der Waals surface area contributed by atoms with Gasteiger partial charge in [-0.3, -0.25) is 14.4 Å². The van der Waals surface area contributed by atoms with Gasteiger partial charge in [-0.25, -0.2) is 9.69 Å². The third-order valence-electron chi connectivity index (χ3n) is 4.70. The van der Waals surface area contributed by atoms with Crippen molar-refractivity contribution in [1.29, 1.82) is 0 Å². The summed E-state index contributed by atoms with van der Waals surface area (Å²) in [6, 6.07) is 18.8. The van der Waals surface area contributed by atoms with Gasteiger partial charge >= 0.3 is 5.97 Å². The number of Topliss-reactive ketones (excluding diaryl/α,β-unsaturated/α-hetero) is 1. The molecule has 7 nitrogen and oxygen atoms in total. The number of nitrogens with two attached hydrogens (primary N) is 1. The first-order valence-electron chi connectivity index (χ1n) is 9.09. The summed E-state index contributed by atoms with van der Waals surface area (Å²) in [5.74, 6) is -1.91. The van der Waals surface area contributed by atoms with E-state index in [1.807, 2.05) is 0 Å². The number of carbonyl (C=O) groups is 4. The molecule has 3 aromatic carbocycles. The Kier molecular flexibility index (Phi) is 4.85. The Morgan fingerprint density at radius 3 is 2.03 bits per heavy atom. The van der Waals surface area contributed by atoms with Crippen molar-refractivity contribution in [1.82, 2.24) is 0 Å². The summed E-state index contributed by atoms with van der Waals surface area (Å²) in [7, 11) is 0. The molecule has 0 unspecified atom stereocenters. The fraction of sp³-hybridized carbons (Fsp3) is 0.0435. The van der Waals surface area contributed by atoms with Crippen LogP contribution in [0.25, 0.3) is 0 Å². The second kappa shape index (κ2) is 7.63. The van der Waals surface area contributed by atoms with Crippen molar-refractivity contribution < 1.29 is 23.9 Å². The smallest absolute Gasteiger partial charge is 0.338 e. The summed E-state index contributed by atoms with van der Waals surface area (Å²) in [5.41, 5.74) is 7.65. The summed E-state index contributed by atoms with van der Waals surface area (Å²) in [6.07, 6.45) is 0. The number of nitrogens with zero attached hydrogens (tertiary/aromatic N) is 1. The van der Waals surface area contributed by atoms with Gasteiger partial charge < -0.3 is 10.5 Å². The Bertz CT molecular complexity index is 1150. The standard InChI is InChI=1S/C23H16N2O5/c24-16-5-3-4-15(12-16)20(26)13-30-23(29)14-8-10-17(11-9-14)25-21(27)18-6-1-2-7-19(18)22(25)28/h1-12H,13,24H2. The molecule has 0 saturated heterocycles. The highest BCUT2D eigenvalue weighted by molar-refractivity contribution is 6.34. The van der Waals surface area contributed by atoms with Crippen molar-refractivity contribution in [2.45, 2.75) is 0 Å². The molecule has 0 saturated carbocycles. The van der Waals surface area contributed by atoms with E-state index in [0.29, 0.717) is 28.1 Å². The predicted octanol–water partition coefficient (Wildman–Crippen LogP) is 3.11. The highest BCUT2D eigenvalue weighted by atomic mass is 16.5. The van der Waals surface area contributed by atoms with Crippen molar-refractivity contribution in [3.05, 3.63) is 95.1 Å². The third-order valence-corrected chi connectivity index (χ3v) is 4.70. The molecule has 7 heteroatoms. The number of benzene rings is 3. The Morgan fingerprint density at radius 2 is 1.43 bits per heavy atom. The summed E-state index contributed by atoms with van der Waals surface area (Å²) in [4.78, 5) is 50.5. The fourth-order valence-electron chi connectivity index (χ4n) is 3.18. The van der Waals surface area contributed by atoms with Crippen LogP contribution < -0.4 is 10.6 Å². The molecule has 1 heterocycles. The summed E-state index contributed by atoms with van der Waals surface area (Å²) < 4.78 is 5.07. The Labute approximate surface area is 171 Å². The average Bonchev–Trinajstić information content (AvgIpc) is 3.02. The molecule has 0 radical (unpaired) electrons. The molecule has 1 aliphatic heterocycles. The third kappa shape index (κ3) is 3.44. The molecule has 4 rings (SSSR count). The van der Waals surface area contributed by atoms with Gasteiger partial charge in [0.15, 0.2) is 12.4 Å². The molecule has 0 atom stereocenters. The number of ether oxygens (including phenoxy) is 1. The van der Waals surface area contributed by atoms with Gasteiger partial charge in [0.1, 0.15) is 0 Å². The topological polar surface area (TPSA) is 107 Å². The van der Waals surface area contributed by atoms with E-state index in [1.165, 1.54) is 30.3 Å². The maximum atomic E-state index is 12.5. The van der Waals surface area contributed by atoms with E-state index in [1.54, 1.807) is 42.5 Å². The number of nitrogen functional groups attached to an aromatic ring is 1. The van der Waals surface area contributed by atoms with Crippen LogP contribution in [0, 0.1) is 0 Å². The number of hydrogen-bond acceptors (Lipinski definition) is 6. The molecule has 0 aromatic heterocycles. The van der Waals surface area contributed by atoms with Crippen LogP contribution in [-0.2, 0) is 4.74 Å². The predicted molar refractivity (Wildman–Crippen MR) is 109 cm³/mol. The largest absolute Gasteiger partial charge is 0.454 e. The summed E-state index contributed by atoms with van der Waals surface area (Å²) >= 11 is 0. The Balaban J connectivity index is 1.44. The van der Waals surface area contributed by atoms with E-state index in [-0.39, 0.29) is 11.3 Å². The van der Waals surface area contributed by atoms with Crippen LogP contribution in [0.1, 0.15) is 41.4 Å². The quantitative estimate of drug-likeness (QED) is 0.305. The zero-order valence-electron chi connectivity index (χ0n) is 15.7. The van der Waals surface area contributed by atoms with Gasteiger partial charge in [0, 0.05) is 11.3 Å². The number of rotatable bonds is 5. The minimum Gasteiger partial charge on any atom is -0.454 e. The normalized spacial score (nSPS) is 12.6. The van der Waals surface area contributed by atoms with Crippen molar-refractivity contribution in [2.24, 2.45) is 0 Å². The number of ketones is 1. The highest BCUT2D eigenvalue weighted by Crippen LogP contribution is 2.28. The van der Waals surface area contributed by atoms with Crippen LogP contribution in [0.4, 0.5) is 11.4 Å². The SMILES string of the molecule is Nc1cccc(C(=O)COC(=O)c2ccc(N3C(=O)c4ccccc4C3=O)cc2)c1. The highest BCUT2D eigenvalue weighted by Gasteiger charge is 2.36. The van der Waals surface area contributed by atoms with Crippen LogP contribution >= 0.6 is 0 Å². The first-order valence-corrected chi connectivity index (χ1v) is 9.09. The van der Waals surface area contributed by atoms with E-state index >= 15 is 0 Å². The second-order valence-corrected chi connectivity index (χ2v) is 6.66. The van der Waals surface area contributed by atoms with Crippen molar-refractivity contribution in [3.8, 4) is 0 Å². The number of hydrogen-bond donors (Lipinski definition) is 1. The Morgan fingerprint density at radius 1 is 0.800 bits per heavy atom. The van der Waals surface area contributed by atoms with Gasteiger partial charge in [-0.05, 0) is 48.5 Å². The summed E-state index contributed by atoms with van der Waals surface area (Å²) in [5, 5.41) is 0. The second-order valence-electron chi connectivity index (χ2n) is 6.66. The van der Waals surface area contributed by atoms with E-state index < -0.39 is 24.4 Å².